The molecule has 0 radical (unpaired) electrons. The summed E-state index contributed by atoms with van der Waals surface area (Å²) >= 11 is 0. The van der Waals surface area contributed by atoms with Crippen LogP contribution in [0.1, 0.15) is 36.8 Å². The third-order valence-corrected chi connectivity index (χ3v) is 4.32. The number of nitrogens with zero attached hydrogens (tertiary/aromatic N) is 6. The number of tetrazole rings is 1. The van der Waals surface area contributed by atoms with Crippen LogP contribution in [-0.4, -0.2) is 36.0 Å². The molecule has 2 atom stereocenters. The molecule has 132 valence electrons. The van der Waals surface area contributed by atoms with E-state index in [4.69, 9.17) is 0 Å². The number of benzene rings is 1. The number of nitrogens with one attached hydrogen (secondary N) is 1. The van der Waals surface area contributed by atoms with E-state index in [1.165, 1.54) is 10.7 Å². The van der Waals surface area contributed by atoms with E-state index in [0.29, 0.717) is 18.1 Å². The number of hydrogen-bond donors (Lipinski definition) is 1. The molecule has 0 fully saturated rings. The Morgan fingerprint density at radius 3 is 2.72 bits per heavy atom. The van der Waals surface area contributed by atoms with Crippen molar-refractivity contribution in [2.24, 2.45) is 0 Å². The molecule has 0 spiro atoms. The van der Waals surface area contributed by atoms with Gasteiger partial charge in [-0.05, 0) is 61.4 Å². The molecule has 2 aromatic heterocycles. The van der Waals surface area contributed by atoms with Crippen LogP contribution in [0.5, 0.6) is 0 Å². The van der Waals surface area contributed by atoms with Gasteiger partial charge in [0.15, 0.2) is 5.82 Å². The molecule has 0 saturated carbocycles. The molecule has 0 unspecified atom stereocenters. The maximum absolute atomic E-state index is 14.1. The zero-order valence-corrected chi connectivity index (χ0v) is 14.8. The molecule has 3 aromatic rings. The SMILES string of the molecule is Cc1ccc(F)c(-n2nnnc2CN[C@@H](C)[C@H](C)n2cc(C)cn2)c1. The Balaban J connectivity index is 1.72. The number of aromatic nitrogens is 6. The minimum atomic E-state index is -0.354. The number of aryl methyl sites for hydroxylation is 2. The van der Waals surface area contributed by atoms with Crippen LogP contribution in [0.2, 0.25) is 0 Å². The van der Waals surface area contributed by atoms with Gasteiger partial charge in [0.25, 0.3) is 0 Å². The zero-order chi connectivity index (χ0) is 18.0. The summed E-state index contributed by atoms with van der Waals surface area (Å²) in [5.41, 5.74) is 2.42. The topological polar surface area (TPSA) is 73.5 Å². The van der Waals surface area contributed by atoms with Crippen molar-refractivity contribution in [3.63, 3.8) is 0 Å². The molecule has 25 heavy (non-hydrogen) atoms. The van der Waals surface area contributed by atoms with Crippen LogP contribution in [0.3, 0.4) is 0 Å². The van der Waals surface area contributed by atoms with E-state index in [2.05, 4.69) is 39.8 Å². The first-order valence-electron chi connectivity index (χ1n) is 8.23. The van der Waals surface area contributed by atoms with E-state index >= 15 is 0 Å². The predicted octanol–water partition coefficient (Wildman–Crippen LogP) is 2.35. The van der Waals surface area contributed by atoms with Crippen molar-refractivity contribution in [2.75, 3.05) is 0 Å². The second-order valence-corrected chi connectivity index (χ2v) is 6.37. The summed E-state index contributed by atoms with van der Waals surface area (Å²) in [7, 11) is 0. The van der Waals surface area contributed by atoms with Gasteiger partial charge in [0, 0.05) is 12.2 Å². The highest BCUT2D eigenvalue weighted by molar-refractivity contribution is 5.36. The molecular formula is C17H22FN7. The van der Waals surface area contributed by atoms with E-state index in [1.807, 2.05) is 30.9 Å². The quantitative estimate of drug-likeness (QED) is 0.744. The molecule has 0 bridgehead atoms. The van der Waals surface area contributed by atoms with Gasteiger partial charge in [0.1, 0.15) is 11.5 Å². The van der Waals surface area contributed by atoms with Crippen molar-refractivity contribution in [1.29, 1.82) is 0 Å². The van der Waals surface area contributed by atoms with Crippen molar-refractivity contribution >= 4 is 0 Å². The summed E-state index contributed by atoms with van der Waals surface area (Å²) in [5.74, 6) is 0.202. The minimum Gasteiger partial charge on any atom is -0.305 e. The average molecular weight is 343 g/mol. The van der Waals surface area contributed by atoms with Crippen LogP contribution >= 0.6 is 0 Å². The maximum Gasteiger partial charge on any atom is 0.170 e. The second kappa shape index (κ2) is 7.10. The van der Waals surface area contributed by atoms with Gasteiger partial charge in [-0.1, -0.05) is 6.07 Å². The fraction of sp³-hybridized carbons (Fsp3) is 0.412. The largest absolute Gasteiger partial charge is 0.305 e. The van der Waals surface area contributed by atoms with Crippen LogP contribution in [0, 0.1) is 19.7 Å². The van der Waals surface area contributed by atoms with Crippen LogP contribution < -0.4 is 5.32 Å². The highest BCUT2D eigenvalue weighted by atomic mass is 19.1. The Kier molecular flexibility index (Phi) is 4.89. The Labute approximate surface area is 145 Å². The summed E-state index contributed by atoms with van der Waals surface area (Å²) in [5, 5.41) is 19.4. The number of halogens is 1. The minimum absolute atomic E-state index is 0.131. The van der Waals surface area contributed by atoms with Crippen LogP contribution in [-0.2, 0) is 6.54 Å². The third kappa shape index (κ3) is 3.74. The fourth-order valence-electron chi connectivity index (χ4n) is 2.60. The molecule has 2 heterocycles. The predicted molar refractivity (Wildman–Crippen MR) is 91.8 cm³/mol. The van der Waals surface area contributed by atoms with Gasteiger partial charge >= 0.3 is 0 Å². The summed E-state index contributed by atoms with van der Waals surface area (Å²) < 4.78 is 17.5. The zero-order valence-electron chi connectivity index (χ0n) is 14.8. The van der Waals surface area contributed by atoms with Crippen molar-refractivity contribution in [2.45, 2.75) is 46.3 Å². The number of rotatable bonds is 6. The van der Waals surface area contributed by atoms with E-state index in [0.717, 1.165) is 11.1 Å². The first-order chi connectivity index (χ1) is 12.0. The van der Waals surface area contributed by atoms with Gasteiger partial charge in [0.2, 0.25) is 0 Å². The molecule has 0 saturated heterocycles. The molecule has 1 N–H and O–H groups in total. The van der Waals surface area contributed by atoms with E-state index < -0.39 is 0 Å². The van der Waals surface area contributed by atoms with Gasteiger partial charge in [-0.15, -0.1) is 5.10 Å². The van der Waals surface area contributed by atoms with Gasteiger partial charge < -0.3 is 5.32 Å². The number of hydrogen-bond acceptors (Lipinski definition) is 5. The highest BCUT2D eigenvalue weighted by Gasteiger charge is 2.17. The maximum atomic E-state index is 14.1. The molecule has 1 aromatic carbocycles. The van der Waals surface area contributed by atoms with Crippen LogP contribution in [0.15, 0.2) is 30.6 Å². The van der Waals surface area contributed by atoms with Crippen LogP contribution in [0.25, 0.3) is 5.69 Å². The lowest BCUT2D eigenvalue weighted by Crippen LogP contribution is -2.34. The van der Waals surface area contributed by atoms with E-state index in [9.17, 15) is 4.39 Å². The molecule has 0 aliphatic rings. The molecule has 7 nitrogen and oxygen atoms in total. The average Bonchev–Trinajstić information content (AvgIpc) is 3.23. The van der Waals surface area contributed by atoms with Crippen LogP contribution in [0.4, 0.5) is 4.39 Å². The Hall–Kier alpha value is -2.61. The lowest BCUT2D eigenvalue weighted by Gasteiger charge is -2.21. The molecule has 0 aliphatic carbocycles. The normalized spacial score (nSPS) is 13.8. The van der Waals surface area contributed by atoms with Crippen molar-refractivity contribution < 1.29 is 4.39 Å². The molecule has 3 rings (SSSR count). The second-order valence-electron chi connectivity index (χ2n) is 6.37. The standard InChI is InChI=1S/C17H22FN7/c1-11-5-6-15(18)16(7-11)25-17(21-22-23-25)9-19-13(3)14(4)24-10-12(2)8-20-24/h5-8,10,13-14,19H,9H2,1-4H3/t13-,14-/m0/s1. The van der Waals surface area contributed by atoms with Crippen molar-refractivity contribution in [3.8, 4) is 5.69 Å². The molecule has 0 aliphatic heterocycles. The van der Waals surface area contributed by atoms with Gasteiger partial charge in [0.05, 0.1) is 18.8 Å². The highest BCUT2D eigenvalue weighted by Crippen LogP contribution is 2.16. The Bertz CT molecular complexity index is 854. The molecule has 0 amide bonds. The Morgan fingerprint density at radius 1 is 1.20 bits per heavy atom. The monoisotopic (exact) mass is 343 g/mol. The van der Waals surface area contributed by atoms with Crippen molar-refractivity contribution in [1.82, 2.24) is 35.3 Å². The summed E-state index contributed by atoms with van der Waals surface area (Å²) in [4.78, 5) is 0. The van der Waals surface area contributed by atoms with Gasteiger partial charge in [-0.2, -0.15) is 9.78 Å². The third-order valence-electron chi connectivity index (χ3n) is 4.32. The summed E-state index contributed by atoms with van der Waals surface area (Å²) in [6, 6.07) is 5.17. The van der Waals surface area contributed by atoms with E-state index in [1.54, 1.807) is 12.1 Å². The summed E-state index contributed by atoms with van der Waals surface area (Å²) in [6.07, 6.45) is 3.85. The van der Waals surface area contributed by atoms with Crippen molar-refractivity contribution in [3.05, 3.63) is 53.4 Å². The lowest BCUT2D eigenvalue weighted by molar-refractivity contribution is 0.361. The smallest absolute Gasteiger partial charge is 0.170 e. The molecular weight excluding hydrogens is 321 g/mol. The summed E-state index contributed by atoms with van der Waals surface area (Å²) in [6.45, 7) is 8.50. The lowest BCUT2D eigenvalue weighted by atomic mass is 10.1. The first-order valence-corrected chi connectivity index (χ1v) is 8.23. The molecule has 8 heteroatoms. The van der Waals surface area contributed by atoms with E-state index in [-0.39, 0.29) is 17.9 Å². The van der Waals surface area contributed by atoms with Gasteiger partial charge in [-0.25, -0.2) is 4.39 Å². The first kappa shape index (κ1) is 17.2. The fourth-order valence-corrected chi connectivity index (χ4v) is 2.60. The Morgan fingerprint density at radius 2 is 2.00 bits per heavy atom. The van der Waals surface area contributed by atoms with Gasteiger partial charge in [-0.3, -0.25) is 4.68 Å².